The van der Waals surface area contributed by atoms with Crippen molar-refractivity contribution in [3.8, 4) is 0 Å². The fraction of sp³-hybridized carbons (Fsp3) is 1.00. The Bertz CT molecular complexity index is 232. The second-order valence-corrected chi connectivity index (χ2v) is 16.7. The summed E-state index contributed by atoms with van der Waals surface area (Å²) < 4.78 is 12.8. The van der Waals surface area contributed by atoms with Gasteiger partial charge in [0.15, 0.2) is 0 Å². The Labute approximate surface area is 112 Å². The summed E-state index contributed by atoms with van der Waals surface area (Å²) in [7, 11) is 6.72. The average molecular weight is 412 g/mol. The Kier molecular flexibility index (Phi) is 7.96. The van der Waals surface area contributed by atoms with Crippen molar-refractivity contribution in [1.29, 1.82) is 0 Å². The summed E-state index contributed by atoms with van der Waals surface area (Å²) in [6.07, 6.45) is 0. The van der Waals surface area contributed by atoms with Crippen LogP contribution in [0.15, 0.2) is 3.34 Å². The van der Waals surface area contributed by atoms with E-state index >= 15 is 0 Å². The molecule has 104 valence electrons. The maximum atomic E-state index is 5.21. The SMILES string of the molecule is CC[N](C)[Ta](=[N]C(C)C)([N](C)CC)[N](C)CC. The summed E-state index contributed by atoms with van der Waals surface area (Å²) in [5.41, 5.74) is 0. The van der Waals surface area contributed by atoms with Gasteiger partial charge in [0.2, 0.25) is 0 Å². The van der Waals surface area contributed by atoms with Gasteiger partial charge in [-0.05, 0) is 0 Å². The van der Waals surface area contributed by atoms with Gasteiger partial charge in [-0.15, -0.1) is 0 Å². The van der Waals surface area contributed by atoms with Crippen LogP contribution in [0.4, 0.5) is 0 Å². The fourth-order valence-electron chi connectivity index (χ4n) is 1.93. The van der Waals surface area contributed by atoms with Crippen LogP contribution in [0.2, 0.25) is 0 Å². The molecule has 0 aliphatic heterocycles. The van der Waals surface area contributed by atoms with E-state index in [1.165, 1.54) is 0 Å². The van der Waals surface area contributed by atoms with E-state index in [9.17, 15) is 0 Å². The molecule has 0 unspecified atom stereocenters. The van der Waals surface area contributed by atoms with Crippen molar-refractivity contribution in [3.05, 3.63) is 0 Å². The summed E-state index contributed by atoms with van der Waals surface area (Å²) >= 11 is -2.99. The van der Waals surface area contributed by atoms with E-state index in [1.807, 2.05) is 0 Å². The molecule has 0 bridgehead atoms. The van der Waals surface area contributed by atoms with E-state index in [4.69, 9.17) is 3.34 Å². The molecule has 0 rings (SSSR count). The van der Waals surface area contributed by atoms with E-state index in [1.54, 1.807) is 0 Å². The van der Waals surface area contributed by atoms with Crippen molar-refractivity contribution in [1.82, 2.24) is 9.91 Å². The van der Waals surface area contributed by atoms with Crippen molar-refractivity contribution in [3.63, 3.8) is 0 Å². The normalized spacial score (nSPS) is 13.2. The van der Waals surface area contributed by atoms with Crippen LogP contribution >= 0.6 is 0 Å². The molecule has 0 aromatic heterocycles. The molecule has 5 heteroatoms. The monoisotopic (exact) mass is 412 g/mol. The Morgan fingerprint density at radius 2 is 1.12 bits per heavy atom. The quantitative estimate of drug-likeness (QED) is 0.641. The van der Waals surface area contributed by atoms with Gasteiger partial charge in [-0.25, -0.2) is 0 Å². The summed E-state index contributed by atoms with van der Waals surface area (Å²) in [4.78, 5) is 0. The van der Waals surface area contributed by atoms with E-state index in [0.29, 0.717) is 6.04 Å². The minimum absolute atomic E-state index is 0.408. The van der Waals surface area contributed by atoms with Gasteiger partial charge in [-0.3, -0.25) is 0 Å². The van der Waals surface area contributed by atoms with Crippen LogP contribution in [0.25, 0.3) is 0 Å². The van der Waals surface area contributed by atoms with Crippen molar-refractivity contribution in [2.75, 3.05) is 40.8 Å². The van der Waals surface area contributed by atoms with Gasteiger partial charge in [0.05, 0.1) is 0 Å². The summed E-state index contributed by atoms with van der Waals surface area (Å²) in [5.74, 6) is 0. The molecule has 0 aliphatic carbocycles. The minimum atomic E-state index is -2.99. The Morgan fingerprint density at radius 3 is 1.29 bits per heavy atom. The zero-order valence-corrected chi connectivity index (χ0v) is 16.1. The molecule has 0 aromatic rings. The van der Waals surface area contributed by atoms with Gasteiger partial charge in [-0.1, -0.05) is 0 Å². The molecule has 0 spiro atoms. The van der Waals surface area contributed by atoms with Gasteiger partial charge in [0, 0.05) is 0 Å². The third kappa shape index (κ3) is 3.94. The van der Waals surface area contributed by atoms with Gasteiger partial charge in [0.25, 0.3) is 0 Å². The van der Waals surface area contributed by atoms with Crippen molar-refractivity contribution in [2.24, 2.45) is 3.34 Å². The zero-order chi connectivity index (χ0) is 13.6. The molecule has 0 saturated carbocycles. The molecule has 0 fully saturated rings. The number of rotatable bonds is 7. The molecule has 0 amide bonds. The Hall–Kier alpha value is 0.420. The molecule has 0 N–H and O–H groups in total. The molecule has 4 nitrogen and oxygen atoms in total. The first-order chi connectivity index (χ1) is 7.86. The first-order valence-corrected chi connectivity index (χ1v) is 12.4. The van der Waals surface area contributed by atoms with Crippen molar-refractivity contribution >= 4 is 0 Å². The fourth-order valence-corrected chi connectivity index (χ4v) is 15.8. The molecule has 0 radical (unpaired) electrons. The zero-order valence-electron chi connectivity index (χ0n) is 12.9. The van der Waals surface area contributed by atoms with Crippen LogP contribution in [-0.2, 0) is 17.7 Å². The molecule has 0 atom stereocenters. The van der Waals surface area contributed by atoms with Gasteiger partial charge in [0.1, 0.15) is 0 Å². The van der Waals surface area contributed by atoms with Crippen molar-refractivity contribution in [2.45, 2.75) is 40.7 Å². The van der Waals surface area contributed by atoms with Crippen LogP contribution in [0.5, 0.6) is 0 Å². The van der Waals surface area contributed by atoms with Crippen LogP contribution < -0.4 is 0 Å². The molecule has 0 saturated heterocycles. The predicted octanol–water partition coefficient (Wildman–Crippen LogP) is 2.33. The molecular formula is C12H31N4Ta. The first-order valence-electron chi connectivity index (χ1n) is 6.62. The molecule has 17 heavy (non-hydrogen) atoms. The maximum absolute atomic E-state index is 5.21. The van der Waals surface area contributed by atoms with E-state index in [2.05, 4.69) is 65.7 Å². The van der Waals surface area contributed by atoms with E-state index in [0.717, 1.165) is 19.6 Å². The van der Waals surface area contributed by atoms with E-state index in [-0.39, 0.29) is 0 Å². The third-order valence-corrected chi connectivity index (χ3v) is 18.8. The van der Waals surface area contributed by atoms with Crippen LogP contribution in [-0.4, -0.2) is 56.7 Å². The predicted molar refractivity (Wildman–Crippen MR) is 72.5 cm³/mol. The number of hydrogen-bond acceptors (Lipinski definition) is 1. The second-order valence-electron chi connectivity index (χ2n) is 4.67. The molecule has 0 heterocycles. The standard InChI is InChI=1S/3C3H8N.C3H7N.Ta/c3*1-3-4-2;1-3(2)4;/h3*3H2,1-2H3;3H,1-2H3;/q3*-1;;+3. The van der Waals surface area contributed by atoms with Crippen LogP contribution in [0, 0.1) is 0 Å². The van der Waals surface area contributed by atoms with Crippen LogP contribution in [0.3, 0.4) is 0 Å². The number of hydrogen-bond donors (Lipinski definition) is 0. The summed E-state index contributed by atoms with van der Waals surface area (Å²) in [6.45, 7) is 14.3. The van der Waals surface area contributed by atoms with E-state index < -0.39 is 17.7 Å². The van der Waals surface area contributed by atoms with Crippen LogP contribution in [0.1, 0.15) is 34.6 Å². The molecular weight excluding hydrogens is 381 g/mol. The Morgan fingerprint density at radius 1 is 0.824 bits per heavy atom. The van der Waals surface area contributed by atoms with Gasteiger partial charge < -0.3 is 0 Å². The second kappa shape index (κ2) is 7.77. The third-order valence-electron chi connectivity index (χ3n) is 3.13. The summed E-state index contributed by atoms with van der Waals surface area (Å²) in [6, 6.07) is 0.408. The number of nitrogens with zero attached hydrogens (tertiary/aromatic N) is 4. The van der Waals surface area contributed by atoms with Gasteiger partial charge >= 0.3 is 112 Å². The summed E-state index contributed by atoms with van der Waals surface area (Å²) in [5, 5.41) is 0. The van der Waals surface area contributed by atoms with Gasteiger partial charge in [-0.2, -0.15) is 0 Å². The Balaban J connectivity index is 5.70. The van der Waals surface area contributed by atoms with Crippen molar-refractivity contribution < 1.29 is 17.7 Å². The average Bonchev–Trinajstić information content (AvgIpc) is 2.32. The molecule has 0 aliphatic rings. The first kappa shape index (κ1) is 17.4. The molecule has 0 aromatic carbocycles. The topological polar surface area (TPSA) is 22.1 Å².